The van der Waals surface area contributed by atoms with Crippen LogP contribution in [-0.2, 0) is 13.0 Å². The number of hydrogen-bond donors (Lipinski definition) is 1. The molecular weight excluding hydrogens is 266 g/mol. The Labute approximate surface area is 125 Å². The van der Waals surface area contributed by atoms with Crippen molar-refractivity contribution in [2.75, 3.05) is 19.6 Å². The summed E-state index contributed by atoms with van der Waals surface area (Å²) in [7, 11) is 0. The fourth-order valence-corrected chi connectivity index (χ4v) is 5.17. The standard InChI is InChI=1S/C16H25N3S/c1-12-8-16(10-17,11-19(12)14-2-3-14)18-6-4-15-13(9-18)5-7-20-15/h5,7,12,14H,2-4,6,8-11,17H2,1H3. The predicted molar refractivity (Wildman–Crippen MR) is 84.0 cm³/mol. The highest BCUT2D eigenvalue weighted by Crippen LogP contribution is 2.41. The van der Waals surface area contributed by atoms with Gasteiger partial charge in [0.2, 0.25) is 0 Å². The van der Waals surface area contributed by atoms with Gasteiger partial charge >= 0.3 is 0 Å². The van der Waals surface area contributed by atoms with Crippen LogP contribution in [0, 0.1) is 0 Å². The van der Waals surface area contributed by atoms with Crippen molar-refractivity contribution >= 4 is 11.3 Å². The molecule has 20 heavy (non-hydrogen) atoms. The zero-order valence-electron chi connectivity index (χ0n) is 12.3. The molecule has 2 fully saturated rings. The van der Waals surface area contributed by atoms with Crippen molar-refractivity contribution in [3.8, 4) is 0 Å². The molecule has 4 heteroatoms. The lowest BCUT2D eigenvalue weighted by Gasteiger charge is -2.42. The smallest absolute Gasteiger partial charge is 0.0477 e. The number of likely N-dealkylation sites (tertiary alicyclic amines) is 1. The average molecular weight is 291 g/mol. The van der Waals surface area contributed by atoms with E-state index in [1.54, 1.807) is 10.4 Å². The summed E-state index contributed by atoms with van der Waals surface area (Å²) in [6, 6.07) is 3.88. The summed E-state index contributed by atoms with van der Waals surface area (Å²) in [5.41, 5.74) is 8.05. The molecule has 2 atom stereocenters. The van der Waals surface area contributed by atoms with E-state index >= 15 is 0 Å². The Morgan fingerprint density at radius 2 is 2.30 bits per heavy atom. The normalized spacial score (nSPS) is 35.4. The van der Waals surface area contributed by atoms with Gasteiger partial charge in [0.05, 0.1) is 0 Å². The quantitative estimate of drug-likeness (QED) is 0.925. The maximum atomic E-state index is 6.27. The molecule has 0 spiro atoms. The third-order valence-corrected chi connectivity index (χ3v) is 6.62. The number of nitrogens with zero attached hydrogens (tertiary/aromatic N) is 2. The number of hydrogen-bond acceptors (Lipinski definition) is 4. The lowest BCUT2D eigenvalue weighted by atomic mass is 9.91. The molecule has 110 valence electrons. The Bertz CT molecular complexity index is 496. The molecule has 2 N–H and O–H groups in total. The third-order valence-electron chi connectivity index (χ3n) is 5.59. The Morgan fingerprint density at radius 3 is 3.05 bits per heavy atom. The summed E-state index contributed by atoms with van der Waals surface area (Å²) in [6.07, 6.45) is 5.27. The number of thiophene rings is 1. The summed E-state index contributed by atoms with van der Waals surface area (Å²) < 4.78 is 0. The minimum absolute atomic E-state index is 0.224. The molecular formula is C16H25N3S. The Hall–Kier alpha value is -0.420. The van der Waals surface area contributed by atoms with Gasteiger partial charge in [-0.25, -0.2) is 0 Å². The van der Waals surface area contributed by atoms with Crippen molar-refractivity contribution in [3.63, 3.8) is 0 Å². The van der Waals surface area contributed by atoms with Crippen molar-refractivity contribution in [3.05, 3.63) is 21.9 Å². The van der Waals surface area contributed by atoms with E-state index in [0.717, 1.165) is 19.1 Å². The van der Waals surface area contributed by atoms with E-state index < -0.39 is 0 Å². The Morgan fingerprint density at radius 1 is 1.45 bits per heavy atom. The topological polar surface area (TPSA) is 32.5 Å². The molecule has 0 radical (unpaired) electrons. The van der Waals surface area contributed by atoms with Crippen LogP contribution >= 0.6 is 11.3 Å². The number of nitrogens with two attached hydrogens (primary N) is 1. The average Bonchev–Trinajstić information content (AvgIpc) is 3.09. The van der Waals surface area contributed by atoms with E-state index in [0.29, 0.717) is 6.04 Å². The monoisotopic (exact) mass is 291 g/mol. The van der Waals surface area contributed by atoms with Crippen molar-refractivity contribution in [1.82, 2.24) is 9.80 Å². The molecule has 3 heterocycles. The molecule has 2 aliphatic heterocycles. The molecule has 1 aromatic heterocycles. The van der Waals surface area contributed by atoms with E-state index in [1.165, 1.54) is 38.8 Å². The molecule has 1 aliphatic carbocycles. The second-order valence-corrected chi connectivity index (χ2v) is 7.93. The lowest BCUT2D eigenvalue weighted by molar-refractivity contribution is 0.0842. The first-order valence-corrected chi connectivity index (χ1v) is 8.86. The lowest BCUT2D eigenvalue weighted by Crippen LogP contribution is -2.56. The van der Waals surface area contributed by atoms with Crippen LogP contribution in [0.5, 0.6) is 0 Å². The van der Waals surface area contributed by atoms with Gasteiger partial charge in [0.1, 0.15) is 0 Å². The van der Waals surface area contributed by atoms with Crippen molar-refractivity contribution in [2.45, 2.75) is 56.8 Å². The maximum absolute atomic E-state index is 6.27. The molecule has 0 aromatic carbocycles. The van der Waals surface area contributed by atoms with Crippen LogP contribution in [0.3, 0.4) is 0 Å². The van der Waals surface area contributed by atoms with Crippen LogP contribution < -0.4 is 5.73 Å². The van der Waals surface area contributed by atoms with Gasteiger partial charge in [0.25, 0.3) is 0 Å². The Balaban J connectivity index is 1.56. The zero-order chi connectivity index (χ0) is 13.7. The first kappa shape index (κ1) is 13.3. The van der Waals surface area contributed by atoms with E-state index in [9.17, 15) is 0 Å². The number of fused-ring (bicyclic) bond motifs is 1. The minimum Gasteiger partial charge on any atom is -0.329 e. The molecule has 0 bridgehead atoms. The fraction of sp³-hybridized carbons (Fsp3) is 0.750. The van der Waals surface area contributed by atoms with E-state index in [-0.39, 0.29) is 5.54 Å². The van der Waals surface area contributed by atoms with Crippen LogP contribution in [0.25, 0.3) is 0 Å². The fourth-order valence-electron chi connectivity index (χ4n) is 4.28. The van der Waals surface area contributed by atoms with Gasteiger partial charge in [-0.05, 0) is 49.6 Å². The van der Waals surface area contributed by atoms with Gasteiger partial charge in [-0.15, -0.1) is 11.3 Å². The molecule has 3 aliphatic rings. The van der Waals surface area contributed by atoms with E-state index in [4.69, 9.17) is 5.73 Å². The highest BCUT2D eigenvalue weighted by atomic mass is 32.1. The van der Waals surface area contributed by atoms with Crippen LogP contribution in [0.2, 0.25) is 0 Å². The highest BCUT2D eigenvalue weighted by Gasteiger charge is 2.49. The third kappa shape index (κ3) is 2.05. The summed E-state index contributed by atoms with van der Waals surface area (Å²) in [5.74, 6) is 0. The van der Waals surface area contributed by atoms with Gasteiger partial charge in [0, 0.05) is 48.7 Å². The van der Waals surface area contributed by atoms with Gasteiger partial charge in [-0.1, -0.05) is 0 Å². The van der Waals surface area contributed by atoms with Crippen LogP contribution in [0.4, 0.5) is 0 Å². The Kier molecular flexibility index (Phi) is 3.18. The molecule has 1 saturated carbocycles. The second kappa shape index (κ2) is 4.80. The van der Waals surface area contributed by atoms with Crippen molar-refractivity contribution in [2.24, 2.45) is 5.73 Å². The SMILES string of the molecule is CC1CC(CN)(N2CCc3sccc3C2)CN1C1CC1. The van der Waals surface area contributed by atoms with Gasteiger partial charge in [0.15, 0.2) is 0 Å². The second-order valence-electron chi connectivity index (χ2n) is 6.93. The largest absolute Gasteiger partial charge is 0.329 e. The number of rotatable bonds is 3. The maximum Gasteiger partial charge on any atom is 0.0477 e. The summed E-state index contributed by atoms with van der Waals surface area (Å²) in [4.78, 5) is 7.02. The molecule has 2 unspecified atom stereocenters. The highest BCUT2D eigenvalue weighted by molar-refractivity contribution is 7.10. The molecule has 0 amide bonds. The van der Waals surface area contributed by atoms with Gasteiger partial charge < -0.3 is 5.73 Å². The van der Waals surface area contributed by atoms with Crippen LogP contribution in [0.15, 0.2) is 11.4 Å². The molecule has 1 saturated heterocycles. The molecule has 4 rings (SSSR count). The van der Waals surface area contributed by atoms with Crippen LogP contribution in [-0.4, -0.2) is 47.1 Å². The summed E-state index contributed by atoms with van der Waals surface area (Å²) >= 11 is 1.92. The van der Waals surface area contributed by atoms with Gasteiger partial charge in [-0.2, -0.15) is 0 Å². The molecule has 1 aromatic rings. The van der Waals surface area contributed by atoms with E-state index in [2.05, 4.69) is 28.2 Å². The van der Waals surface area contributed by atoms with Crippen molar-refractivity contribution < 1.29 is 0 Å². The van der Waals surface area contributed by atoms with E-state index in [1.807, 2.05) is 11.3 Å². The predicted octanol–water partition coefficient (Wildman–Crippen LogP) is 2.06. The zero-order valence-corrected chi connectivity index (χ0v) is 13.2. The summed E-state index contributed by atoms with van der Waals surface area (Å²) in [6.45, 7) is 6.70. The first-order valence-electron chi connectivity index (χ1n) is 7.98. The van der Waals surface area contributed by atoms with Crippen LogP contribution in [0.1, 0.15) is 36.6 Å². The summed E-state index contributed by atoms with van der Waals surface area (Å²) in [5, 5.41) is 2.25. The first-order chi connectivity index (χ1) is 9.72. The minimum atomic E-state index is 0.224. The van der Waals surface area contributed by atoms with Crippen molar-refractivity contribution in [1.29, 1.82) is 0 Å². The van der Waals surface area contributed by atoms with Gasteiger partial charge in [-0.3, -0.25) is 9.80 Å². The molecule has 3 nitrogen and oxygen atoms in total.